The molecule has 210 valence electrons. The van der Waals surface area contributed by atoms with Gasteiger partial charge in [0.15, 0.2) is 0 Å². The highest BCUT2D eigenvalue weighted by Gasteiger charge is 1.98. The molecule has 36 heavy (non-hydrogen) atoms. The minimum Gasteiger partial charge on any atom is -0.491 e. The molecule has 0 saturated carbocycles. The van der Waals surface area contributed by atoms with Crippen LogP contribution >= 0.6 is 0 Å². The molecule has 0 aliphatic rings. The first-order valence-electron chi connectivity index (χ1n) is 13.1. The number of ether oxygens (including phenoxy) is 9. The Morgan fingerprint density at radius 1 is 0.472 bits per heavy atom. The molecule has 1 atom stereocenters. The van der Waals surface area contributed by atoms with Crippen molar-refractivity contribution in [3.05, 3.63) is 30.3 Å². The van der Waals surface area contributed by atoms with E-state index in [0.29, 0.717) is 112 Å². The van der Waals surface area contributed by atoms with E-state index in [9.17, 15) is 0 Å². The van der Waals surface area contributed by atoms with Gasteiger partial charge in [0.25, 0.3) is 0 Å². The molecule has 0 aromatic heterocycles. The molecule has 1 aromatic carbocycles. The summed E-state index contributed by atoms with van der Waals surface area (Å²) in [4.78, 5) is 0. The lowest BCUT2D eigenvalue weighted by molar-refractivity contribution is -0.0243. The van der Waals surface area contributed by atoms with Gasteiger partial charge >= 0.3 is 0 Å². The van der Waals surface area contributed by atoms with Gasteiger partial charge in [-0.05, 0) is 18.1 Å². The van der Waals surface area contributed by atoms with E-state index in [1.807, 2.05) is 30.3 Å². The molecule has 0 N–H and O–H groups in total. The van der Waals surface area contributed by atoms with Gasteiger partial charge in [-0.3, -0.25) is 0 Å². The molecule has 1 unspecified atom stereocenters. The van der Waals surface area contributed by atoms with E-state index in [1.165, 1.54) is 0 Å². The van der Waals surface area contributed by atoms with Crippen LogP contribution in [0.25, 0.3) is 0 Å². The molecule has 0 radical (unpaired) electrons. The predicted octanol–water partition coefficient (Wildman–Crippen LogP) is 3.24. The highest BCUT2D eigenvalue weighted by Crippen LogP contribution is 2.07. The van der Waals surface area contributed by atoms with Crippen LogP contribution in [0.15, 0.2) is 30.3 Å². The maximum Gasteiger partial charge on any atom is 0.119 e. The first-order chi connectivity index (χ1) is 17.8. The van der Waals surface area contributed by atoms with Crippen LogP contribution in [-0.2, 0) is 37.9 Å². The Kier molecular flexibility index (Phi) is 24.3. The summed E-state index contributed by atoms with van der Waals surface area (Å²) >= 11 is 0. The molecule has 1 rings (SSSR count). The summed E-state index contributed by atoms with van der Waals surface area (Å²) in [5.41, 5.74) is 0. The number of rotatable bonds is 28. The minimum absolute atomic E-state index is 0.525. The van der Waals surface area contributed by atoms with Crippen LogP contribution in [0.1, 0.15) is 20.3 Å². The number of para-hydroxylation sites is 1. The summed E-state index contributed by atoms with van der Waals surface area (Å²) in [7, 11) is 0. The highest BCUT2D eigenvalue weighted by atomic mass is 16.6. The zero-order valence-corrected chi connectivity index (χ0v) is 22.4. The maximum atomic E-state index is 5.54. The Labute approximate surface area is 217 Å². The van der Waals surface area contributed by atoms with Gasteiger partial charge in [-0.1, -0.05) is 38.5 Å². The smallest absolute Gasteiger partial charge is 0.119 e. The number of benzene rings is 1. The van der Waals surface area contributed by atoms with Gasteiger partial charge in [-0.2, -0.15) is 0 Å². The van der Waals surface area contributed by atoms with E-state index >= 15 is 0 Å². The van der Waals surface area contributed by atoms with Gasteiger partial charge in [0.2, 0.25) is 0 Å². The third kappa shape index (κ3) is 23.1. The first-order valence-corrected chi connectivity index (χ1v) is 13.1. The zero-order chi connectivity index (χ0) is 25.8. The van der Waals surface area contributed by atoms with Crippen molar-refractivity contribution in [1.82, 2.24) is 0 Å². The van der Waals surface area contributed by atoms with Crippen LogP contribution in [0.5, 0.6) is 5.75 Å². The summed E-state index contributed by atoms with van der Waals surface area (Å²) < 4.78 is 49.3. The van der Waals surface area contributed by atoms with Crippen molar-refractivity contribution < 1.29 is 42.6 Å². The van der Waals surface area contributed by atoms with Gasteiger partial charge in [-0.25, -0.2) is 0 Å². The molecule has 0 spiro atoms. The molecule has 1 aromatic rings. The third-order valence-electron chi connectivity index (χ3n) is 4.94. The second-order valence-electron chi connectivity index (χ2n) is 8.04. The van der Waals surface area contributed by atoms with Gasteiger partial charge in [0, 0.05) is 6.61 Å². The second-order valence-corrected chi connectivity index (χ2v) is 8.04. The lowest BCUT2D eigenvalue weighted by Crippen LogP contribution is -2.15. The molecule has 0 bridgehead atoms. The molecule has 9 nitrogen and oxygen atoms in total. The summed E-state index contributed by atoms with van der Waals surface area (Å²) in [6.45, 7) is 13.9. The van der Waals surface area contributed by atoms with Crippen LogP contribution in [0.2, 0.25) is 0 Å². The van der Waals surface area contributed by atoms with Crippen LogP contribution in [0, 0.1) is 5.92 Å². The fourth-order valence-corrected chi connectivity index (χ4v) is 2.68. The lowest BCUT2D eigenvalue weighted by Gasteiger charge is -2.10. The van der Waals surface area contributed by atoms with Crippen molar-refractivity contribution >= 4 is 0 Å². The Hall–Kier alpha value is -1.30. The lowest BCUT2D eigenvalue weighted by atomic mass is 10.1. The van der Waals surface area contributed by atoms with Gasteiger partial charge in [0.05, 0.1) is 99.1 Å². The van der Waals surface area contributed by atoms with E-state index in [-0.39, 0.29) is 0 Å². The average molecular weight is 517 g/mol. The van der Waals surface area contributed by atoms with Gasteiger partial charge < -0.3 is 42.6 Å². The van der Waals surface area contributed by atoms with Crippen LogP contribution in [0.4, 0.5) is 0 Å². The molecular weight excluding hydrogens is 468 g/mol. The normalized spacial score (nSPS) is 12.2. The van der Waals surface area contributed by atoms with Gasteiger partial charge in [0.1, 0.15) is 12.4 Å². The predicted molar refractivity (Wildman–Crippen MR) is 138 cm³/mol. The molecule has 0 heterocycles. The largest absolute Gasteiger partial charge is 0.491 e. The Balaban J connectivity index is 1.64. The van der Waals surface area contributed by atoms with E-state index in [0.717, 1.165) is 18.8 Å². The maximum absolute atomic E-state index is 5.54. The molecule has 9 heteroatoms. The Bertz CT molecular complexity index is 547. The fourth-order valence-electron chi connectivity index (χ4n) is 2.68. The van der Waals surface area contributed by atoms with Crippen molar-refractivity contribution in [3.63, 3.8) is 0 Å². The summed E-state index contributed by atoms with van der Waals surface area (Å²) in [5.74, 6) is 1.45. The molecular formula is C27H48O9. The molecule has 0 fully saturated rings. The van der Waals surface area contributed by atoms with E-state index < -0.39 is 0 Å². The molecule has 0 saturated heterocycles. The van der Waals surface area contributed by atoms with Crippen molar-refractivity contribution in [1.29, 1.82) is 0 Å². The highest BCUT2D eigenvalue weighted by molar-refractivity contribution is 5.20. The SMILES string of the molecule is CCC(C)COCCOCCOCCOCCOCCOCCOCCOCCOc1ccccc1. The van der Waals surface area contributed by atoms with E-state index in [4.69, 9.17) is 42.6 Å². The van der Waals surface area contributed by atoms with E-state index in [2.05, 4.69) is 13.8 Å². The van der Waals surface area contributed by atoms with E-state index in [1.54, 1.807) is 0 Å². The summed E-state index contributed by atoms with van der Waals surface area (Å²) in [5, 5.41) is 0. The summed E-state index contributed by atoms with van der Waals surface area (Å²) in [6, 6.07) is 9.69. The standard InChI is InChI=1S/C27H48O9/c1-3-26(2)25-35-22-21-33-18-17-31-14-13-29-10-9-28-11-12-30-15-16-32-19-20-34-23-24-36-27-7-5-4-6-8-27/h4-8,26H,3,9-25H2,1-2H3. The fraction of sp³-hybridized carbons (Fsp3) is 0.778. The number of hydrogen-bond donors (Lipinski definition) is 0. The summed E-state index contributed by atoms with van der Waals surface area (Å²) in [6.07, 6.45) is 1.14. The number of hydrogen-bond acceptors (Lipinski definition) is 9. The Morgan fingerprint density at radius 2 is 0.806 bits per heavy atom. The first kappa shape index (κ1) is 32.7. The topological polar surface area (TPSA) is 83.1 Å². The van der Waals surface area contributed by atoms with Crippen molar-refractivity contribution in [2.24, 2.45) is 5.92 Å². The van der Waals surface area contributed by atoms with Crippen LogP contribution in [-0.4, -0.2) is 112 Å². The third-order valence-corrected chi connectivity index (χ3v) is 4.94. The van der Waals surface area contributed by atoms with Gasteiger partial charge in [-0.15, -0.1) is 0 Å². The Morgan fingerprint density at radius 3 is 1.17 bits per heavy atom. The van der Waals surface area contributed by atoms with Crippen molar-refractivity contribution in [2.75, 3.05) is 112 Å². The quantitative estimate of drug-likeness (QED) is 0.156. The average Bonchev–Trinajstić information content (AvgIpc) is 2.91. The van der Waals surface area contributed by atoms with Crippen LogP contribution in [0.3, 0.4) is 0 Å². The zero-order valence-electron chi connectivity index (χ0n) is 22.4. The molecule has 0 amide bonds. The van der Waals surface area contributed by atoms with Crippen molar-refractivity contribution in [3.8, 4) is 5.75 Å². The minimum atomic E-state index is 0.525. The molecule has 0 aliphatic carbocycles. The second kappa shape index (κ2) is 26.8. The molecule has 0 aliphatic heterocycles. The van der Waals surface area contributed by atoms with Crippen molar-refractivity contribution in [2.45, 2.75) is 20.3 Å². The monoisotopic (exact) mass is 516 g/mol. The van der Waals surface area contributed by atoms with Crippen LogP contribution < -0.4 is 4.74 Å².